The van der Waals surface area contributed by atoms with Gasteiger partial charge < -0.3 is 9.88 Å². The van der Waals surface area contributed by atoms with Gasteiger partial charge in [0.1, 0.15) is 5.82 Å². The maximum atomic E-state index is 12.5. The topological polar surface area (TPSA) is 59.8 Å². The lowest BCUT2D eigenvalue weighted by atomic mass is 10.0. The van der Waals surface area contributed by atoms with Crippen molar-refractivity contribution in [3.63, 3.8) is 0 Å². The molecule has 0 unspecified atom stereocenters. The van der Waals surface area contributed by atoms with E-state index >= 15 is 0 Å². The number of imidazole rings is 1. The van der Waals surface area contributed by atoms with Gasteiger partial charge >= 0.3 is 0 Å². The van der Waals surface area contributed by atoms with Crippen LogP contribution < -0.4 is 5.32 Å². The minimum Gasteiger partial charge on any atom is -0.345 e. The number of nitrogens with zero attached hydrogens (tertiary/aromatic N) is 3. The number of pyridine rings is 1. The van der Waals surface area contributed by atoms with Gasteiger partial charge in [0.05, 0.1) is 6.04 Å². The van der Waals surface area contributed by atoms with Gasteiger partial charge in [-0.1, -0.05) is 30.3 Å². The second kappa shape index (κ2) is 7.55. The maximum Gasteiger partial charge on any atom is 0.251 e. The van der Waals surface area contributed by atoms with Crippen molar-refractivity contribution in [1.29, 1.82) is 0 Å². The zero-order valence-electron chi connectivity index (χ0n) is 13.6. The Bertz CT molecular complexity index is 783. The van der Waals surface area contributed by atoms with Crippen molar-refractivity contribution in [3.05, 3.63) is 84.2 Å². The molecule has 3 aromatic rings. The lowest BCUT2D eigenvalue weighted by Gasteiger charge is -2.20. The van der Waals surface area contributed by atoms with Gasteiger partial charge in [-0.2, -0.15) is 0 Å². The Morgan fingerprint density at radius 1 is 1.12 bits per heavy atom. The molecule has 5 nitrogen and oxygen atoms in total. The van der Waals surface area contributed by atoms with Gasteiger partial charge in [0.15, 0.2) is 0 Å². The molecule has 24 heavy (non-hydrogen) atoms. The van der Waals surface area contributed by atoms with Crippen LogP contribution in [-0.4, -0.2) is 20.4 Å². The van der Waals surface area contributed by atoms with Gasteiger partial charge in [0, 0.05) is 36.9 Å². The molecule has 0 fully saturated rings. The molecule has 0 spiro atoms. The number of carbonyl (C=O) groups excluding carboxylic acids is 1. The predicted octanol–water partition coefficient (Wildman–Crippen LogP) is 3.15. The fourth-order valence-electron chi connectivity index (χ4n) is 2.66. The van der Waals surface area contributed by atoms with Crippen molar-refractivity contribution in [2.45, 2.75) is 25.9 Å². The fourth-order valence-corrected chi connectivity index (χ4v) is 2.66. The molecule has 1 amide bonds. The molecule has 2 aromatic heterocycles. The third-order valence-corrected chi connectivity index (χ3v) is 4.03. The molecule has 1 aromatic carbocycles. The molecule has 1 atom stereocenters. The van der Waals surface area contributed by atoms with E-state index in [0.29, 0.717) is 5.56 Å². The van der Waals surface area contributed by atoms with Crippen LogP contribution >= 0.6 is 0 Å². The summed E-state index contributed by atoms with van der Waals surface area (Å²) in [5, 5.41) is 3.13. The molecule has 0 saturated heterocycles. The average Bonchev–Trinajstić information content (AvgIpc) is 3.05. The third-order valence-electron chi connectivity index (χ3n) is 4.03. The van der Waals surface area contributed by atoms with E-state index in [-0.39, 0.29) is 11.9 Å². The molecular weight excluding hydrogens is 300 g/mol. The summed E-state index contributed by atoms with van der Waals surface area (Å²) in [6.45, 7) is 2.77. The number of rotatable bonds is 6. The first kappa shape index (κ1) is 15.9. The van der Waals surface area contributed by atoms with E-state index in [1.165, 1.54) is 0 Å². The zero-order valence-corrected chi connectivity index (χ0v) is 13.6. The largest absolute Gasteiger partial charge is 0.345 e. The lowest BCUT2D eigenvalue weighted by molar-refractivity contribution is 0.0933. The first-order valence-corrected chi connectivity index (χ1v) is 7.97. The van der Waals surface area contributed by atoms with Crippen LogP contribution in [0, 0.1) is 6.92 Å². The molecule has 0 aliphatic carbocycles. The van der Waals surface area contributed by atoms with E-state index in [4.69, 9.17) is 0 Å². The molecule has 1 N–H and O–H groups in total. The van der Waals surface area contributed by atoms with Crippen LogP contribution in [0.4, 0.5) is 0 Å². The number of aromatic nitrogens is 3. The molecule has 0 radical (unpaired) electrons. The third kappa shape index (κ3) is 3.87. The first-order valence-electron chi connectivity index (χ1n) is 7.97. The number of hydrogen-bond acceptors (Lipinski definition) is 3. The highest BCUT2D eigenvalue weighted by atomic mass is 16.1. The van der Waals surface area contributed by atoms with Gasteiger partial charge in [0.25, 0.3) is 5.91 Å². The summed E-state index contributed by atoms with van der Waals surface area (Å²) in [5.41, 5.74) is 1.71. The van der Waals surface area contributed by atoms with E-state index in [9.17, 15) is 4.79 Å². The normalized spacial score (nSPS) is 11.9. The van der Waals surface area contributed by atoms with Crippen LogP contribution in [0.2, 0.25) is 0 Å². The Hall–Kier alpha value is -2.95. The number of aryl methyl sites for hydroxylation is 2. The number of nitrogens with one attached hydrogen (secondary N) is 1. The summed E-state index contributed by atoms with van der Waals surface area (Å²) in [7, 11) is 0. The molecule has 0 aliphatic rings. The first-order chi connectivity index (χ1) is 11.7. The molecule has 0 bridgehead atoms. The van der Waals surface area contributed by atoms with Crippen LogP contribution in [0.15, 0.2) is 67.3 Å². The summed E-state index contributed by atoms with van der Waals surface area (Å²) in [6.07, 6.45) is 7.80. The molecule has 0 aliphatic heterocycles. The van der Waals surface area contributed by atoms with E-state index in [1.807, 2.05) is 43.5 Å². The SMILES string of the molecule is Cc1nccn1CC[C@@H](NC(=O)c1ccncc1)c1ccccc1. The number of amides is 1. The van der Waals surface area contributed by atoms with E-state index < -0.39 is 0 Å². The quantitative estimate of drug-likeness (QED) is 0.759. The van der Waals surface area contributed by atoms with E-state index in [0.717, 1.165) is 24.4 Å². The Balaban J connectivity index is 1.75. The van der Waals surface area contributed by atoms with E-state index in [2.05, 4.69) is 19.9 Å². The Kier molecular flexibility index (Phi) is 5.01. The summed E-state index contributed by atoms with van der Waals surface area (Å²) in [6, 6.07) is 13.4. The van der Waals surface area contributed by atoms with Crippen molar-refractivity contribution < 1.29 is 4.79 Å². The summed E-state index contributed by atoms with van der Waals surface area (Å²) in [4.78, 5) is 20.7. The van der Waals surface area contributed by atoms with Crippen molar-refractivity contribution in [2.75, 3.05) is 0 Å². The lowest BCUT2D eigenvalue weighted by Crippen LogP contribution is -2.29. The molecule has 122 valence electrons. The van der Waals surface area contributed by atoms with Crippen LogP contribution in [-0.2, 0) is 6.54 Å². The summed E-state index contributed by atoms with van der Waals surface area (Å²) >= 11 is 0. The van der Waals surface area contributed by atoms with Crippen LogP contribution in [0.3, 0.4) is 0 Å². The number of benzene rings is 1. The second-order valence-corrected chi connectivity index (χ2v) is 5.63. The molecule has 5 heteroatoms. The van der Waals surface area contributed by atoms with Crippen molar-refractivity contribution in [3.8, 4) is 0 Å². The van der Waals surface area contributed by atoms with E-state index in [1.54, 1.807) is 30.7 Å². The Morgan fingerprint density at radius 2 is 1.88 bits per heavy atom. The van der Waals surface area contributed by atoms with Crippen LogP contribution in [0.25, 0.3) is 0 Å². The monoisotopic (exact) mass is 320 g/mol. The van der Waals surface area contributed by atoms with Crippen LogP contribution in [0.1, 0.15) is 34.2 Å². The van der Waals surface area contributed by atoms with Crippen molar-refractivity contribution in [1.82, 2.24) is 19.9 Å². The summed E-state index contributed by atoms with van der Waals surface area (Å²) in [5.74, 6) is 0.885. The minimum absolute atomic E-state index is 0.0614. The highest BCUT2D eigenvalue weighted by Crippen LogP contribution is 2.18. The predicted molar refractivity (Wildman–Crippen MR) is 92.5 cm³/mol. The standard InChI is InChI=1S/C19H20N4O/c1-15-21-12-14-23(15)13-9-18(16-5-3-2-4-6-16)22-19(24)17-7-10-20-11-8-17/h2-8,10-12,14,18H,9,13H2,1H3,(H,22,24)/t18-/m1/s1. The van der Waals surface area contributed by atoms with Gasteiger partial charge in [0.2, 0.25) is 0 Å². The second-order valence-electron chi connectivity index (χ2n) is 5.63. The molecule has 3 rings (SSSR count). The maximum absolute atomic E-state index is 12.5. The molecular formula is C19H20N4O. The van der Waals surface area contributed by atoms with Gasteiger partial charge in [-0.15, -0.1) is 0 Å². The molecule has 0 saturated carbocycles. The number of hydrogen-bond donors (Lipinski definition) is 1. The van der Waals surface area contributed by atoms with Gasteiger partial charge in [-0.3, -0.25) is 9.78 Å². The highest BCUT2D eigenvalue weighted by molar-refractivity contribution is 5.94. The van der Waals surface area contributed by atoms with Gasteiger partial charge in [-0.05, 0) is 31.0 Å². The average molecular weight is 320 g/mol. The van der Waals surface area contributed by atoms with Crippen LogP contribution in [0.5, 0.6) is 0 Å². The number of carbonyl (C=O) groups is 1. The molecule has 2 heterocycles. The highest BCUT2D eigenvalue weighted by Gasteiger charge is 2.16. The van der Waals surface area contributed by atoms with Crippen molar-refractivity contribution >= 4 is 5.91 Å². The van der Waals surface area contributed by atoms with Gasteiger partial charge in [-0.25, -0.2) is 4.98 Å². The fraction of sp³-hybridized carbons (Fsp3) is 0.211. The Morgan fingerprint density at radius 3 is 2.54 bits per heavy atom. The zero-order chi connectivity index (χ0) is 16.8. The minimum atomic E-state index is -0.0893. The Labute approximate surface area is 141 Å². The summed E-state index contributed by atoms with van der Waals surface area (Å²) < 4.78 is 2.09. The van der Waals surface area contributed by atoms with Crippen molar-refractivity contribution in [2.24, 2.45) is 0 Å². The smallest absolute Gasteiger partial charge is 0.251 e.